The number of aliphatic imine (C=N–C) groups is 1. The van der Waals surface area contributed by atoms with Gasteiger partial charge in [0.15, 0.2) is 0 Å². The first-order chi connectivity index (χ1) is 18.8. The minimum atomic E-state index is -0.497. The van der Waals surface area contributed by atoms with Crippen LogP contribution >= 0.6 is 23.1 Å². The first-order valence-electron chi connectivity index (χ1n) is 14.2. The summed E-state index contributed by atoms with van der Waals surface area (Å²) < 4.78 is 5.64. The van der Waals surface area contributed by atoms with Gasteiger partial charge < -0.3 is 4.74 Å². The molecule has 204 valence electrons. The molecule has 3 heterocycles. The maximum atomic E-state index is 12.7. The Bertz CT molecular complexity index is 1330. The molecule has 1 unspecified atom stereocenters. The van der Waals surface area contributed by atoms with E-state index in [1.165, 1.54) is 47.4 Å². The summed E-state index contributed by atoms with van der Waals surface area (Å²) in [6.07, 6.45) is 8.96. The van der Waals surface area contributed by atoms with E-state index in [4.69, 9.17) is 14.7 Å². The minimum absolute atomic E-state index is 0.00550. The predicted molar refractivity (Wildman–Crippen MR) is 162 cm³/mol. The second-order valence-electron chi connectivity index (χ2n) is 11.9. The Kier molecular flexibility index (Phi) is 7.56. The molecular formula is C32H37N3O2S2. The third-order valence-electron chi connectivity index (χ3n) is 7.86. The third-order valence-corrected chi connectivity index (χ3v) is 10.4. The number of aromatic nitrogens is 1. The van der Waals surface area contributed by atoms with Crippen LogP contribution in [0.2, 0.25) is 0 Å². The Labute approximate surface area is 240 Å². The number of thiazole rings is 1. The number of carbonyl (C=O) groups is 1. The summed E-state index contributed by atoms with van der Waals surface area (Å²) in [4.78, 5) is 25.3. The zero-order chi connectivity index (χ0) is 27.0. The standard InChI is InChI=1S/C32H37N3O2S2/c1-32(2,3)37-31(36)35-18-6-9-26(35)30-34-20-28(39-30)24-16-12-22(13-17-24)21-10-14-23(15-11-21)27-19-33-29(38-27)25-7-4-5-8-25/h10-17,20,25-27H,4-9,18-19H2,1-3H3/t26-,27?/m0/s1. The molecule has 3 aromatic rings. The predicted octanol–water partition coefficient (Wildman–Crippen LogP) is 8.93. The minimum Gasteiger partial charge on any atom is -0.444 e. The molecule has 2 atom stereocenters. The molecule has 2 aliphatic heterocycles. The van der Waals surface area contributed by atoms with Crippen molar-refractivity contribution in [3.05, 3.63) is 65.3 Å². The van der Waals surface area contributed by atoms with E-state index in [0.29, 0.717) is 5.25 Å². The molecule has 3 aliphatic rings. The zero-order valence-corrected chi connectivity index (χ0v) is 24.7. The molecule has 0 radical (unpaired) electrons. The summed E-state index contributed by atoms with van der Waals surface area (Å²) >= 11 is 3.67. The van der Waals surface area contributed by atoms with Gasteiger partial charge in [0, 0.05) is 18.7 Å². The quantitative estimate of drug-likeness (QED) is 0.313. The Hall–Kier alpha value is -2.64. The van der Waals surface area contributed by atoms with Crippen molar-refractivity contribution < 1.29 is 9.53 Å². The van der Waals surface area contributed by atoms with Crippen molar-refractivity contribution in [2.45, 2.75) is 76.2 Å². The second-order valence-corrected chi connectivity index (χ2v) is 14.1. The largest absolute Gasteiger partial charge is 0.444 e. The van der Waals surface area contributed by atoms with Crippen LogP contribution in [0.25, 0.3) is 21.6 Å². The number of thioether (sulfide) groups is 1. The molecule has 0 N–H and O–H groups in total. The Morgan fingerprint density at radius 3 is 2.28 bits per heavy atom. The summed E-state index contributed by atoms with van der Waals surface area (Å²) in [5, 5.41) is 2.84. The molecule has 5 nitrogen and oxygen atoms in total. The SMILES string of the molecule is CC(C)(C)OC(=O)N1CCC[C@H]1c1ncc(-c2ccc(-c3ccc(C4CN=C(C5CCCC5)S4)cc3)cc2)s1. The van der Waals surface area contributed by atoms with E-state index in [0.717, 1.165) is 47.3 Å². The number of hydrogen-bond acceptors (Lipinski definition) is 6. The highest BCUT2D eigenvalue weighted by Crippen LogP contribution is 2.42. The molecule has 1 amide bonds. The van der Waals surface area contributed by atoms with E-state index in [1.54, 1.807) is 11.3 Å². The molecule has 1 aromatic heterocycles. The average Bonchev–Trinajstić information content (AvgIpc) is 3.74. The van der Waals surface area contributed by atoms with Gasteiger partial charge in [-0.15, -0.1) is 23.1 Å². The number of nitrogens with zero attached hydrogens (tertiary/aromatic N) is 3. The lowest BCUT2D eigenvalue weighted by atomic mass is 10.0. The van der Waals surface area contributed by atoms with Crippen LogP contribution in [0.1, 0.15) is 81.2 Å². The van der Waals surface area contributed by atoms with Crippen LogP contribution in [-0.4, -0.2) is 39.7 Å². The summed E-state index contributed by atoms with van der Waals surface area (Å²) in [5.74, 6) is 0.717. The van der Waals surface area contributed by atoms with Gasteiger partial charge in [0.2, 0.25) is 0 Å². The molecule has 39 heavy (non-hydrogen) atoms. The lowest BCUT2D eigenvalue weighted by Gasteiger charge is -2.27. The Morgan fingerprint density at radius 1 is 0.923 bits per heavy atom. The normalized spacial score (nSPS) is 21.9. The molecule has 2 fully saturated rings. The van der Waals surface area contributed by atoms with Gasteiger partial charge in [-0.3, -0.25) is 9.89 Å². The van der Waals surface area contributed by atoms with E-state index >= 15 is 0 Å². The highest BCUT2D eigenvalue weighted by atomic mass is 32.2. The van der Waals surface area contributed by atoms with E-state index < -0.39 is 5.60 Å². The summed E-state index contributed by atoms with van der Waals surface area (Å²) in [5.41, 5.74) is 4.47. The van der Waals surface area contributed by atoms with Gasteiger partial charge in [-0.05, 0) is 68.7 Å². The van der Waals surface area contributed by atoms with Crippen LogP contribution in [0.15, 0.2) is 59.7 Å². The van der Waals surface area contributed by atoms with Crippen LogP contribution in [0.4, 0.5) is 4.79 Å². The topological polar surface area (TPSA) is 54.8 Å². The van der Waals surface area contributed by atoms with E-state index in [2.05, 4.69) is 48.5 Å². The number of amides is 1. The van der Waals surface area contributed by atoms with Gasteiger partial charge >= 0.3 is 6.09 Å². The van der Waals surface area contributed by atoms with Crippen molar-refractivity contribution in [1.82, 2.24) is 9.88 Å². The van der Waals surface area contributed by atoms with Gasteiger partial charge in [-0.1, -0.05) is 61.4 Å². The molecule has 0 spiro atoms. The van der Waals surface area contributed by atoms with Crippen molar-refractivity contribution in [1.29, 1.82) is 0 Å². The van der Waals surface area contributed by atoms with Crippen molar-refractivity contribution in [3.8, 4) is 21.6 Å². The number of hydrogen-bond donors (Lipinski definition) is 0. The van der Waals surface area contributed by atoms with Crippen molar-refractivity contribution in [2.75, 3.05) is 13.1 Å². The summed E-state index contributed by atoms with van der Waals surface area (Å²) in [7, 11) is 0. The van der Waals surface area contributed by atoms with Crippen molar-refractivity contribution in [3.63, 3.8) is 0 Å². The van der Waals surface area contributed by atoms with E-state index in [9.17, 15) is 4.79 Å². The van der Waals surface area contributed by atoms with Crippen LogP contribution < -0.4 is 0 Å². The molecular weight excluding hydrogens is 523 g/mol. The molecule has 7 heteroatoms. The fourth-order valence-electron chi connectivity index (χ4n) is 5.82. The van der Waals surface area contributed by atoms with Crippen LogP contribution in [-0.2, 0) is 4.74 Å². The van der Waals surface area contributed by atoms with Crippen LogP contribution in [0.3, 0.4) is 0 Å². The van der Waals surface area contributed by atoms with E-state index in [1.807, 2.05) is 43.6 Å². The highest BCUT2D eigenvalue weighted by molar-refractivity contribution is 8.14. The van der Waals surface area contributed by atoms with Gasteiger partial charge in [0.05, 0.1) is 27.8 Å². The summed E-state index contributed by atoms with van der Waals surface area (Å²) in [6.45, 7) is 7.36. The monoisotopic (exact) mass is 559 g/mol. The lowest BCUT2D eigenvalue weighted by Crippen LogP contribution is -2.36. The number of ether oxygens (including phenoxy) is 1. The molecule has 1 saturated heterocycles. The molecule has 6 rings (SSSR count). The molecule has 2 aromatic carbocycles. The Morgan fingerprint density at radius 2 is 1.59 bits per heavy atom. The third kappa shape index (κ3) is 5.94. The number of benzene rings is 2. The fraction of sp³-hybridized carbons (Fsp3) is 0.469. The van der Waals surface area contributed by atoms with E-state index in [-0.39, 0.29) is 12.1 Å². The molecule has 1 saturated carbocycles. The number of likely N-dealkylation sites (tertiary alicyclic amines) is 1. The lowest BCUT2D eigenvalue weighted by molar-refractivity contribution is 0.0224. The molecule has 1 aliphatic carbocycles. The van der Waals surface area contributed by atoms with Gasteiger partial charge in [0.1, 0.15) is 10.6 Å². The maximum Gasteiger partial charge on any atom is 0.410 e. The van der Waals surface area contributed by atoms with Gasteiger partial charge in [-0.25, -0.2) is 9.78 Å². The first kappa shape index (κ1) is 26.6. The number of carbonyl (C=O) groups excluding carboxylic acids is 1. The van der Waals surface area contributed by atoms with Crippen LogP contribution in [0.5, 0.6) is 0 Å². The Balaban J connectivity index is 1.10. The average molecular weight is 560 g/mol. The molecule has 0 bridgehead atoms. The smallest absolute Gasteiger partial charge is 0.410 e. The zero-order valence-electron chi connectivity index (χ0n) is 23.1. The highest BCUT2D eigenvalue weighted by Gasteiger charge is 2.35. The first-order valence-corrected chi connectivity index (χ1v) is 15.9. The second kappa shape index (κ2) is 11.1. The van der Waals surface area contributed by atoms with Crippen LogP contribution in [0, 0.1) is 5.92 Å². The summed E-state index contributed by atoms with van der Waals surface area (Å²) in [6, 6.07) is 17.8. The van der Waals surface area contributed by atoms with Crippen molar-refractivity contribution in [2.24, 2.45) is 10.9 Å². The maximum absolute atomic E-state index is 12.7. The fourth-order valence-corrected chi connectivity index (χ4v) is 8.20. The van der Waals surface area contributed by atoms with Crippen molar-refractivity contribution >= 4 is 34.2 Å². The van der Waals surface area contributed by atoms with Gasteiger partial charge in [-0.2, -0.15) is 0 Å². The number of rotatable bonds is 5. The van der Waals surface area contributed by atoms with Gasteiger partial charge in [0.25, 0.3) is 0 Å².